The third-order valence-electron chi connectivity index (χ3n) is 4.74. The number of aryl methyl sites for hydroxylation is 2. The fourth-order valence-corrected chi connectivity index (χ4v) is 3.45. The summed E-state index contributed by atoms with van der Waals surface area (Å²) in [5, 5.41) is 15.1. The highest BCUT2D eigenvalue weighted by molar-refractivity contribution is 5.97. The molecule has 1 heterocycles. The van der Waals surface area contributed by atoms with Crippen LogP contribution in [0.25, 0.3) is 0 Å². The third-order valence-corrected chi connectivity index (χ3v) is 4.74. The van der Waals surface area contributed by atoms with Crippen molar-refractivity contribution >= 4 is 23.3 Å². The maximum atomic E-state index is 12.6. The van der Waals surface area contributed by atoms with Gasteiger partial charge in [-0.15, -0.1) is 0 Å². The monoisotopic (exact) mass is 390 g/mol. The summed E-state index contributed by atoms with van der Waals surface area (Å²) >= 11 is 0. The quantitative estimate of drug-likeness (QED) is 0.821. The smallest absolute Gasteiger partial charge is 0.319 e. The van der Waals surface area contributed by atoms with Gasteiger partial charge >= 0.3 is 6.03 Å². The number of benzene rings is 2. The van der Waals surface area contributed by atoms with Crippen LogP contribution in [-0.4, -0.2) is 17.5 Å². The Morgan fingerprint density at radius 1 is 1.17 bits per heavy atom. The van der Waals surface area contributed by atoms with Gasteiger partial charge in [0.15, 0.2) is 0 Å². The highest BCUT2D eigenvalue weighted by atomic mass is 16.2. The number of nitriles is 1. The number of rotatable bonds is 3. The molecule has 0 fully saturated rings. The van der Waals surface area contributed by atoms with Crippen molar-refractivity contribution in [1.82, 2.24) is 5.32 Å². The Morgan fingerprint density at radius 3 is 2.62 bits per heavy atom. The summed E-state index contributed by atoms with van der Waals surface area (Å²) in [6.45, 7) is 8.09. The lowest BCUT2D eigenvalue weighted by Gasteiger charge is -2.30. The van der Waals surface area contributed by atoms with Crippen LogP contribution in [-0.2, 0) is 17.8 Å². The second-order valence-corrected chi connectivity index (χ2v) is 8.42. The van der Waals surface area contributed by atoms with Gasteiger partial charge < -0.3 is 15.5 Å². The highest BCUT2D eigenvalue weighted by Gasteiger charge is 2.25. The van der Waals surface area contributed by atoms with E-state index in [9.17, 15) is 14.9 Å². The van der Waals surface area contributed by atoms with Crippen LogP contribution in [0, 0.1) is 18.3 Å². The number of carbonyl (C=O) groups excluding carboxylic acids is 2. The molecular formula is C23H26N4O2. The van der Waals surface area contributed by atoms with Crippen LogP contribution in [0.4, 0.5) is 16.2 Å². The molecular weight excluding hydrogens is 364 g/mol. The van der Waals surface area contributed by atoms with Crippen LogP contribution in [0.3, 0.4) is 0 Å². The summed E-state index contributed by atoms with van der Waals surface area (Å²) in [4.78, 5) is 26.5. The van der Waals surface area contributed by atoms with Crippen molar-refractivity contribution in [2.24, 2.45) is 0 Å². The number of carbonyl (C=O) groups is 2. The Hall–Kier alpha value is -3.33. The summed E-state index contributed by atoms with van der Waals surface area (Å²) in [7, 11) is 0. The Kier molecular flexibility index (Phi) is 5.60. The average Bonchev–Trinajstić information content (AvgIpc) is 2.62. The molecule has 6 nitrogen and oxygen atoms in total. The first kappa shape index (κ1) is 20.4. The minimum Gasteiger partial charge on any atom is -0.333 e. The molecule has 3 rings (SSSR count). The van der Waals surface area contributed by atoms with Gasteiger partial charge in [0.25, 0.3) is 0 Å². The van der Waals surface area contributed by atoms with Gasteiger partial charge in [-0.3, -0.25) is 4.79 Å². The Labute approximate surface area is 171 Å². The van der Waals surface area contributed by atoms with Gasteiger partial charge in [-0.1, -0.05) is 17.7 Å². The lowest BCUT2D eigenvalue weighted by molar-refractivity contribution is -0.119. The third kappa shape index (κ3) is 4.94. The van der Waals surface area contributed by atoms with Crippen molar-refractivity contribution in [1.29, 1.82) is 5.26 Å². The van der Waals surface area contributed by atoms with E-state index in [1.807, 2.05) is 52.0 Å². The van der Waals surface area contributed by atoms with Crippen LogP contribution in [0.1, 0.15) is 49.4 Å². The normalized spacial score (nSPS) is 13.5. The van der Waals surface area contributed by atoms with Gasteiger partial charge in [0.1, 0.15) is 0 Å². The number of hydrogen-bond donors (Lipinski definition) is 2. The van der Waals surface area contributed by atoms with Crippen molar-refractivity contribution < 1.29 is 9.59 Å². The van der Waals surface area contributed by atoms with Crippen molar-refractivity contribution in [3.63, 3.8) is 0 Å². The zero-order valence-electron chi connectivity index (χ0n) is 17.3. The van der Waals surface area contributed by atoms with E-state index in [1.54, 1.807) is 17.0 Å². The van der Waals surface area contributed by atoms with E-state index in [0.29, 0.717) is 30.6 Å². The van der Waals surface area contributed by atoms with Crippen LogP contribution in [0.5, 0.6) is 0 Å². The Balaban J connectivity index is 1.85. The number of fused-ring (bicyclic) bond motifs is 1. The largest absolute Gasteiger partial charge is 0.333 e. The minimum absolute atomic E-state index is 0.0362. The molecule has 0 atom stereocenters. The fraction of sp³-hybridized carbons (Fsp3) is 0.348. The number of urea groups is 1. The van der Waals surface area contributed by atoms with E-state index in [0.717, 1.165) is 22.4 Å². The molecule has 2 aromatic carbocycles. The molecule has 3 amide bonds. The predicted octanol–water partition coefficient (Wildman–Crippen LogP) is 4.27. The molecule has 0 aliphatic carbocycles. The number of nitrogens with zero attached hydrogens (tertiary/aromatic N) is 2. The second kappa shape index (κ2) is 7.96. The first-order valence-corrected chi connectivity index (χ1v) is 9.68. The summed E-state index contributed by atoms with van der Waals surface area (Å²) in [6.07, 6.45) is 1.03. The lowest BCUT2D eigenvalue weighted by atomic mass is 9.98. The SMILES string of the molecule is Cc1ccc(C#N)c(CN2C(=O)CCc3cc(NC(=O)NC(C)(C)C)ccc32)c1. The molecule has 0 aromatic heterocycles. The zero-order valence-corrected chi connectivity index (χ0v) is 17.3. The van der Waals surface area contributed by atoms with E-state index in [-0.39, 0.29) is 17.5 Å². The van der Waals surface area contributed by atoms with Crippen LogP contribution < -0.4 is 15.5 Å². The molecule has 0 unspecified atom stereocenters. The van der Waals surface area contributed by atoms with E-state index in [2.05, 4.69) is 16.7 Å². The van der Waals surface area contributed by atoms with Gasteiger partial charge in [-0.2, -0.15) is 5.26 Å². The molecule has 0 bridgehead atoms. The summed E-state index contributed by atoms with van der Waals surface area (Å²) in [6, 6.07) is 13.2. The Morgan fingerprint density at radius 2 is 1.93 bits per heavy atom. The fourth-order valence-electron chi connectivity index (χ4n) is 3.45. The molecule has 2 aromatic rings. The Bertz CT molecular complexity index is 999. The molecule has 6 heteroatoms. The van der Waals surface area contributed by atoms with Crippen LogP contribution in [0.2, 0.25) is 0 Å². The average molecular weight is 390 g/mol. The number of hydrogen-bond acceptors (Lipinski definition) is 3. The molecule has 0 saturated heterocycles. The van der Waals surface area contributed by atoms with E-state index < -0.39 is 0 Å². The first-order valence-electron chi connectivity index (χ1n) is 9.68. The van der Waals surface area contributed by atoms with Crippen LogP contribution in [0.15, 0.2) is 36.4 Å². The van der Waals surface area contributed by atoms with Gasteiger partial charge in [-0.05, 0) is 69.5 Å². The van der Waals surface area contributed by atoms with Crippen LogP contribution >= 0.6 is 0 Å². The van der Waals surface area contributed by atoms with E-state index in [4.69, 9.17) is 0 Å². The van der Waals surface area contributed by atoms with Crippen molar-refractivity contribution in [2.45, 2.75) is 52.6 Å². The molecule has 150 valence electrons. The summed E-state index contributed by atoms with van der Waals surface area (Å²) in [5.74, 6) is 0.0362. The lowest BCUT2D eigenvalue weighted by Crippen LogP contribution is -2.43. The molecule has 2 N–H and O–H groups in total. The summed E-state index contributed by atoms with van der Waals surface area (Å²) < 4.78 is 0. The van der Waals surface area contributed by atoms with E-state index >= 15 is 0 Å². The van der Waals surface area contributed by atoms with Gasteiger partial charge in [-0.25, -0.2) is 4.79 Å². The maximum Gasteiger partial charge on any atom is 0.319 e. The standard InChI is InChI=1S/C23H26N4O2/c1-15-5-6-17(13-24)18(11-15)14-27-20-9-8-19(12-16(20)7-10-21(27)28)25-22(29)26-23(2,3)4/h5-6,8-9,11-12H,7,10,14H2,1-4H3,(H2,25,26,29). The predicted molar refractivity (Wildman–Crippen MR) is 114 cm³/mol. The molecule has 29 heavy (non-hydrogen) atoms. The molecule has 0 spiro atoms. The van der Waals surface area contributed by atoms with Crippen molar-refractivity contribution in [3.05, 3.63) is 58.7 Å². The van der Waals surface area contributed by atoms with Gasteiger partial charge in [0, 0.05) is 23.3 Å². The molecule has 1 aliphatic heterocycles. The number of nitrogens with one attached hydrogen (secondary N) is 2. The zero-order chi connectivity index (χ0) is 21.2. The topological polar surface area (TPSA) is 85.2 Å². The first-order chi connectivity index (χ1) is 13.7. The molecule has 1 aliphatic rings. The summed E-state index contributed by atoms with van der Waals surface area (Å²) in [5.41, 5.74) is 4.65. The van der Waals surface area contributed by atoms with Gasteiger partial charge in [0.05, 0.1) is 18.2 Å². The van der Waals surface area contributed by atoms with Crippen molar-refractivity contribution in [3.8, 4) is 6.07 Å². The minimum atomic E-state index is -0.326. The maximum absolute atomic E-state index is 12.6. The molecule has 0 radical (unpaired) electrons. The van der Waals surface area contributed by atoms with E-state index in [1.165, 1.54) is 0 Å². The second-order valence-electron chi connectivity index (χ2n) is 8.42. The molecule has 0 saturated carbocycles. The number of amides is 3. The van der Waals surface area contributed by atoms with Crippen molar-refractivity contribution in [2.75, 3.05) is 10.2 Å². The highest BCUT2D eigenvalue weighted by Crippen LogP contribution is 2.32. The van der Waals surface area contributed by atoms with Gasteiger partial charge in [0.2, 0.25) is 5.91 Å². The number of anilines is 2.